The number of nitrogens with zero attached hydrogens (tertiary/aromatic N) is 1. The van der Waals surface area contributed by atoms with Gasteiger partial charge in [-0.1, -0.05) is 6.07 Å². The summed E-state index contributed by atoms with van der Waals surface area (Å²) in [6, 6.07) is 5.87. The molecule has 1 amide bonds. The van der Waals surface area contributed by atoms with E-state index in [0.717, 1.165) is 24.2 Å². The summed E-state index contributed by atoms with van der Waals surface area (Å²) >= 11 is 0. The van der Waals surface area contributed by atoms with E-state index in [-0.39, 0.29) is 5.91 Å². The van der Waals surface area contributed by atoms with Crippen LogP contribution in [0.15, 0.2) is 18.2 Å². The van der Waals surface area contributed by atoms with Gasteiger partial charge in [0.15, 0.2) is 0 Å². The molecule has 0 fully saturated rings. The Balaban J connectivity index is 2.33. The first-order valence-corrected chi connectivity index (χ1v) is 4.77. The summed E-state index contributed by atoms with van der Waals surface area (Å²) in [4.78, 5) is 13.2. The summed E-state index contributed by atoms with van der Waals surface area (Å²) in [6.45, 7) is 0.981. The molecule has 0 atom stereocenters. The lowest BCUT2D eigenvalue weighted by atomic mass is 10.1. The van der Waals surface area contributed by atoms with Crippen molar-refractivity contribution in [1.29, 1.82) is 0 Å². The van der Waals surface area contributed by atoms with Crippen LogP contribution in [-0.2, 0) is 6.42 Å². The van der Waals surface area contributed by atoms with Crippen molar-refractivity contribution in [3.05, 3.63) is 29.3 Å². The van der Waals surface area contributed by atoms with E-state index in [1.165, 1.54) is 5.56 Å². The topological polar surface area (TPSA) is 32.3 Å². The Morgan fingerprint density at radius 1 is 1.43 bits per heavy atom. The minimum Gasteiger partial charge on any atom is -0.384 e. The minimum absolute atomic E-state index is 0.0569. The molecule has 0 spiro atoms. The normalized spacial score (nSPS) is 13.3. The fraction of sp³-hybridized carbons (Fsp3) is 0.364. The van der Waals surface area contributed by atoms with Gasteiger partial charge in [-0.25, -0.2) is 0 Å². The number of rotatable bonds is 1. The van der Waals surface area contributed by atoms with Crippen LogP contribution in [0, 0.1) is 0 Å². The Kier molecular flexibility index (Phi) is 2.15. The van der Waals surface area contributed by atoms with Crippen molar-refractivity contribution in [2.75, 3.05) is 26.0 Å². The smallest absolute Gasteiger partial charge is 0.253 e. The third-order valence-electron chi connectivity index (χ3n) is 2.47. The number of anilines is 1. The average Bonchev–Trinajstić information content (AvgIpc) is 2.62. The van der Waals surface area contributed by atoms with Crippen LogP contribution in [0.3, 0.4) is 0 Å². The summed E-state index contributed by atoms with van der Waals surface area (Å²) < 4.78 is 0. The summed E-state index contributed by atoms with van der Waals surface area (Å²) in [5.74, 6) is 0.0569. The van der Waals surface area contributed by atoms with Gasteiger partial charge >= 0.3 is 0 Å². The highest BCUT2D eigenvalue weighted by Gasteiger charge is 2.13. The third-order valence-corrected chi connectivity index (χ3v) is 2.47. The fourth-order valence-corrected chi connectivity index (χ4v) is 1.68. The van der Waals surface area contributed by atoms with E-state index >= 15 is 0 Å². The maximum absolute atomic E-state index is 11.6. The van der Waals surface area contributed by atoms with Gasteiger partial charge in [0, 0.05) is 31.9 Å². The zero-order valence-electron chi connectivity index (χ0n) is 8.50. The van der Waals surface area contributed by atoms with Crippen molar-refractivity contribution in [2.24, 2.45) is 0 Å². The van der Waals surface area contributed by atoms with Crippen molar-refractivity contribution in [3.8, 4) is 0 Å². The second-order valence-corrected chi connectivity index (χ2v) is 3.75. The summed E-state index contributed by atoms with van der Waals surface area (Å²) in [6.07, 6.45) is 1.06. The number of hydrogen-bond donors (Lipinski definition) is 1. The molecule has 0 radical (unpaired) electrons. The van der Waals surface area contributed by atoms with E-state index in [4.69, 9.17) is 0 Å². The average molecular weight is 190 g/mol. The molecule has 3 heteroatoms. The Morgan fingerprint density at radius 3 is 2.93 bits per heavy atom. The number of benzene rings is 1. The van der Waals surface area contributed by atoms with Crippen molar-refractivity contribution < 1.29 is 4.79 Å². The maximum atomic E-state index is 11.6. The van der Waals surface area contributed by atoms with Crippen LogP contribution in [0.2, 0.25) is 0 Å². The van der Waals surface area contributed by atoms with Crippen LogP contribution in [-0.4, -0.2) is 31.4 Å². The van der Waals surface area contributed by atoms with Crippen LogP contribution in [0.25, 0.3) is 0 Å². The third kappa shape index (κ3) is 1.45. The highest BCUT2D eigenvalue weighted by atomic mass is 16.2. The van der Waals surface area contributed by atoms with Gasteiger partial charge in [-0.15, -0.1) is 0 Å². The van der Waals surface area contributed by atoms with Gasteiger partial charge in [-0.05, 0) is 24.1 Å². The molecule has 14 heavy (non-hydrogen) atoms. The van der Waals surface area contributed by atoms with Crippen LogP contribution in [0.1, 0.15) is 15.9 Å². The summed E-state index contributed by atoms with van der Waals surface area (Å²) in [7, 11) is 3.53. The molecule has 1 N–H and O–H groups in total. The van der Waals surface area contributed by atoms with Crippen LogP contribution in [0.4, 0.5) is 5.69 Å². The lowest BCUT2D eigenvalue weighted by Gasteiger charge is -2.11. The number of carbonyl (C=O) groups is 1. The number of hydrogen-bond acceptors (Lipinski definition) is 2. The molecular weight excluding hydrogens is 176 g/mol. The molecule has 1 heterocycles. The number of fused-ring (bicyclic) bond motifs is 1. The molecule has 0 saturated heterocycles. The molecule has 0 unspecified atom stereocenters. The first kappa shape index (κ1) is 9.06. The van der Waals surface area contributed by atoms with Crippen molar-refractivity contribution in [1.82, 2.24) is 4.90 Å². The molecule has 3 nitrogen and oxygen atoms in total. The molecule has 1 aliphatic heterocycles. The predicted molar refractivity (Wildman–Crippen MR) is 56.7 cm³/mol. The quantitative estimate of drug-likeness (QED) is 0.725. The molecule has 1 aliphatic rings. The molecule has 0 saturated carbocycles. The molecule has 0 bridgehead atoms. The van der Waals surface area contributed by atoms with Gasteiger partial charge in [0.2, 0.25) is 0 Å². The van der Waals surface area contributed by atoms with E-state index in [0.29, 0.717) is 0 Å². The first-order valence-electron chi connectivity index (χ1n) is 4.77. The molecule has 74 valence electrons. The Bertz CT molecular complexity index is 372. The van der Waals surface area contributed by atoms with Crippen LogP contribution >= 0.6 is 0 Å². The van der Waals surface area contributed by atoms with E-state index in [2.05, 4.69) is 5.32 Å². The van der Waals surface area contributed by atoms with Gasteiger partial charge in [-0.2, -0.15) is 0 Å². The molecule has 0 aliphatic carbocycles. The SMILES string of the molecule is CN(C)C(=O)c1ccc2c(c1)NCC2. The molecule has 1 aromatic rings. The van der Waals surface area contributed by atoms with Gasteiger partial charge in [-0.3, -0.25) is 4.79 Å². The minimum atomic E-state index is 0.0569. The van der Waals surface area contributed by atoms with Crippen LogP contribution in [0.5, 0.6) is 0 Å². The predicted octanol–water partition coefficient (Wildman–Crippen LogP) is 1.36. The first-order chi connectivity index (χ1) is 6.68. The molecule has 2 rings (SSSR count). The van der Waals surface area contributed by atoms with E-state index < -0.39 is 0 Å². The van der Waals surface area contributed by atoms with Gasteiger partial charge in [0.05, 0.1) is 0 Å². The largest absolute Gasteiger partial charge is 0.384 e. The number of nitrogens with one attached hydrogen (secondary N) is 1. The second-order valence-electron chi connectivity index (χ2n) is 3.75. The second kappa shape index (κ2) is 3.33. The number of amides is 1. The van der Waals surface area contributed by atoms with E-state index in [1.54, 1.807) is 19.0 Å². The maximum Gasteiger partial charge on any atom is 0.253 e. The molecule has 0 aromatic heterocycles. The standard InChI is InChI=1S/C11H14N2O/c1-13(2)11(14)9-4-3-8-5-6-12-10(8)7-9/h3-4,7,12H,5-6H2,1-2H3. The van der Waals surface area contributed by atoms with E-state index in [9.17, 15) is 4.79 Å². The summed E-state index contributed by atoms with van der Waals surface area (Å²) in [5.41, 5.74) is 3.17. The summed E-state index contributed by atoms with van der Waals surface area (Å²) in [5, 5.41) is 3.26. The van der Waals surface area contributed by atoms with Gasteiger partial charge in [0.25, 0.3) is 5.91 Å². The Labute approximate surface area is 83.7 Å². The highest BCUT2D eigenvalue weighted by molar-refractivity contribution is 5.95. The van der Waals surface area contributed by atoms with E-state index in [1.807, 2.05) is 18.2 Å². The Morgan fingerprint density at radius 2 is 2.21 bits per heavy atom. The molecular formula is C11H14N2O. The van der Waals surface area contributed by atoms with Gasteiger partial charge in [0.1, 0.15) is 0 Å². The lowest BCUT2D eigenvalue weighted by Crippen LogP contribution is -2.21. The van der Waals surface area contributed by atoms with Crippen molar-refractivity contribution >= 4 is 11.6 Å². The van der Waals surface area contributed by atoms with Crippen molar-refractivity contribution in [3.63, 3.8) is 0 Å². The highest BCUT2D eigenvalue weighted by Crippen LogP contribution is 2.23. The monoisotopic (exact) mass is 190 g/mol. The van der Waals surface area contributed by atoms with Gasteiger partial charge < -0.3 is 10.2 Å². The van der Waals surface area contributed by atoms with Crippen LogP contribution < -0.4 is 5.32 Å². The zero-order chi connectivity index (χ0) is 10.1. The lowest BCUT2D eigenvalue weighted by molar-refractivity contribution is 0.0827. The molecule has 1 aromatic carbocycles. The van der Waals surface area contributed by atoms with Crippen molar-refractivity contribution in [2.45, 2.75) is 6.42 Å². The zero-order valence-corrected chi connectivity index (χ0v) is 8.50. The Hall–Kier alpha value is -1.51. The number of carbonyl (C=O) groups excluding carboxylic acids is 1. The fourth-order valence-electron chi connectivity index (χ4n) is 1.68.